The number of benzene rings is 3. The highest BCUT2D eigenvalue weighted by Gasteiger charge is 2.45. The number of aromatic nitrogens is 3. The van der Waals surface area contributed by atoms with E-state index in [4.69, 9.17) is 21.1 Å². The Labute approximate surface area is 311 Å². The molecule has 1 saturated carbocycles. The molecular formula is C38H43ClF3N7O4. The lowest BCUT2D eigenvalue weighted by Crippen LogP contribution is -2.34. The number of carbonyl (C=O) groups is 2. The number of rotatable bonds is 19. The summed E-state index contributed by atoms with van der Waals surface area (Å²) in [5, 5.41) is 9.05. The molecule has 15 heteroatoms. The molecule has 3 N–H and O–H groups in total. The molecule has 2 atom stereocenters. The number of alkyl halides is 3. The van der Waals surface area contributed by atoms with Crippen LogP contribution in [0, 0.1) is 5.92 Å². The van der Waals surface area contributed by atoms with Crippen molar-refractivity contribution in [3.8, 4) is 11.8 Å². The van der Waals surface area contributed by atoms with Gasteiger partial charge in [0.1, 0.15) is 5.75 Å². The van der Waals surface area contributed by atoms with E-state index in [1.54, 1.807) is 42.5 Å². The topological polar surface area (TPSA) is 131 Å². The first-order chi connectivity index (χ1) is 25.5. The molecule has 0 aliphatic heterocycles. The molecule has 3 aromatic carbocycles. The fourth-order valence-electron chi connectivity index (χ4n) is 5.64. The van der Waals surface area contributed by atoms with Gasteiger partial charge < -0.3 is 30.3 Å². The van der Waals surface area contributed by atoms with Crippen molar-refractivity contribution >= 4 is 41.0 Å². The molecule has 5 rings (SSSR count). The highest BCUT2D eigenvalue weighted by Crippen LogP contribution is 2.48. The highest BCUT2D eigenvalue weighted by atomic mass is 35.5. The van der Waals surface area contributed by atoms with Crippen molar-refractivity contribution in [1.29, 1.82) is 0 Å². The van der Waals surface area contributed by atoms with Crippen molar-refractivity contribution in [3.05, 3.63) is 94.5 Å². The second-order valence-corrected chi connectivity index (χ2v) is 13.0. The Morgan fingerprint density at radius 3 is 2.38 bits per heavy atom. The predicted molar refractivity (Wildman–Crippen MR) is 197 cm³/mol. The van der Waals surface area contributed by atoms with Crippen LogP contribution in [0.5, 0.6) is 11.8 Å². The van der Waals surface area contributed by atoms with Crippen molar-refractivity contribution < 1.29 is 32.2 Å². The van der Waals surface area contributed by atoms with Gasteiger partial charge in [0, 0.05) is 43.3 Å². The summed E-state index contributed by atoms with van der Waals surface area (Å²) in [5.74, 6) is 0.659. The van der Waals surface area contributed by atoms with E-state index in [0.717, 1.165) is 24.8 Å². The van der Waals surface area contributed by atoms with Gasteiger partial charge in [0.2, 0.25) is 17.8 Å². The molecule has 0 unspecified atom stereocenters. The molecule has 0 radical (unpaired) electrons. The van der Waals surface area contributed by atoms with E-state index in [1.807, 2.05) is 30.0 Å². The molecule has 2 amide bonds. The second kappa shape index (κ2) is 18.6. The Kier molecular flexibility index (Phi) is 13.7. The van der Waals surface area contributed by atoms with Crippen molar-refractivity contribution in [3.63, 3.8) is 0 Å². The average molecular weight is 754 g/mol. The summed E-state index contributed by atoms with van der Waals surface area (Å²) in [6.07, 6.45) is -1.41. The highest BCUT2D eigenvalue weighted by molar-refractivity contribution is 6.32. The van der Waals surface area contributed by atoms with Crippen molar-refractivity contribution in [2.75, 3.05) is 43.5 Å². The quantitative estimate of drug-likeness (QED) is 0.0823. The molecule has 1 fully saturated rings. The number of amides is 2. The molecule has 11 nitrogen and oxygen atoms in total. The SMILES string of the molecule is CCCNC(=O)c1ccc(Nc2nc(NCc3ccc(OCCCN(CCC)C(=O)[C@@H]4C[C@H]4c4ccccc4)c(Cl)c3)nc(OCC(F)(F)F)n2)cc1. The van der Waals surface area contributed by atoms with Crippen molar-refractivity contribution in [2.24, 2.45) is 5.92 Å². The van der Waals surface area contributed by atoms with Gasteiger partial charge in [0.05, 0.1) is 11.6 Å². The van der Waals surface area contributed by atoms with Gasteiger partial charge in [-0.1, -0.05) is 61.8 Å². The van der Waals surface area contributed by atoms with Crippen molar-refractivity contribution in [1.82, 2.24) is 25.2 Å². The number of nitrogens with one attached hydrogen (secondary N) is 3. The molecule has 282 valence electrons. The van der Waals surface area contributed by atoms with Gasteiger partial charge in [0.15, 0.2) is 6.61 Å². The number of nitrogens with zero attached hydrogens (tertiary/aromatic N) is 4. The van der Waals surface area contributed by atoms with Crippen LogP contribution in [-0.4, -0.2) is 70.7 Å². The molecule has 1 aliphatic rings. The Morgan fingerprint density at radius 1 is 0.925 bits per heavy atom. The zero-order chi connectivity index (χ0) is 37.8. The summed E-state index contributed by atoms with van der Waals surface area (Å²) < 4.78 is 49.5. The van der Waals surface area contributed by atoms with E-state index < -0.39 is 18.8 Å². The number of hydrogen-bond donors (Lipinski definition) is 3. The summed E-state index contributed by atoms with van der Waals surface area (Å²) in [5.41, 5.74) is 2.87. The number of hydrogen-bond acceptors (Lipinski definition) is 9. The molecule has 1 heterocycles. The molecule has 53 heavy (non-hydrogen) atoms. The maximum Gasteiger partial charge on any atom is 0.422 e. The standard InChI is InChI=1S/C38H43ClF3N7O4/c1-3-17-43-33(50)27-12-14-28(15-13-27)45-36-46-35(47-37(48-36)53-24-38(40,41)42)44-23-25-11-16-32(31(39)21-25)52-20-8-19-49(18-4-2)34(51)30-22-29(30)26-9-6-5-7-10-26/h5-7,9-16,21,29-30H,3-4,8,17-20,22-24H2,1-2H3,(H,43,50)(H2,44,45,46,47,48)/t29-,30+/m0/s1. The minimum absolute atomic E-state index is 0.0307. The van der Waals surface area contributed by atoms with Crippen LogP contribution in [0.25, 0.3) is 0 Å². The minimum Gasteiger partial charge on any atom is -0.492 e. The molecule has 0 bridgehead atoms. The third kappa shape index (κ3) is 12.0. The largest absolute Gasteiger partial charge is 0.492 e. The van der Waals surface area contributed by atoms with E-state index in [1.165, 1.54) is 5.56 Å². The zero-order valence-corrected chi connectivity index (χ0v) is 30.3. The van der Waals surface area contributed by atoms with Crippen LogP contribution < -0.4 is 25.4 Å². The Hall–Kier alpha value is -5.11. The van der Waals surface area contributed by atoms with Crippen LogP contribution in [0.2, 0.25) is 5.02 Å². The number of anilines is 3. The van der Waals surface area contributed by atoms with Gasteiger partial charge in [-0.05, 0) is 79.1 Å². The molecule has 0 spiro atoms. The predicted octanol–water partition coefficient (Wildman–Crippen LogP) is 7.77. The van der Waals surface area contributed by atoms with Gasteiger partial charge in [-0.15, -0.1) is 0 Å². The maximum absolute atomic E-state index is 13.2. The Bertz CT molecular complexity index is 1820. The summed E-state index contributed by atoms with van der Waals surface area (Å²) in [4.78, 5) is 39.6. The summed E-state index contributed by atoms with van der Waals surface area (Å²) in [6, 6.07) is 21.3. The van der Waals surface area contributed by atoms with Crippen LogP contribution in [0.4, 0.5) is 30.8 Å². The maximum atomic E-state index is 13.2. The van der Waals surface area contributed by atoms with E-state index in [0.29, 0.717) is 54.7 Å². The molecular weight excluding hydrogens is 711 g/mol. The summed E-state index contributed by atoms with van der Waals surface area (Å²) >= 11 is 6.54. The number of ether oxygens (including phenoxy) is 2. The van der Waals surface area contributed by atoms with Crippen LogP contribution in [0.15, 0.2) is 72.8 Å². The Balaban J connectivity index is 1.15. The lowest BCUT2D eigenvalue weighted by atomic mass is 10.1. The zero-order valence-electron chi connectivity index (χ0n) is 29.6. The van der Waals surface area contributed by atoms with Gasteiger partial charge in [-0.25, -0.2) is 0 Å². The summed E-state index contributed by atoms with van der Waals surface area (Å²) in [6.45, 7) is 4.79. The molecule has 1 aromatic heterocycles. The third-order valence-electron chi connectivity index (χ3n) is 8.34. The normalized spacial score (nSPS) is 15.0. The third-order valence-corrected chi connectivity index (χ3v) is 8.63. The van der Waals surface area contributed by atoms with Crippen LogP contribution in [0.1, 0.15) is 66.9 Å². The molecule has 1 aliphatic carbocycles. The van der Waals surface area contributed by atoms with Gasteiger partial charge >= 0.3 is 12.2 Å². The number of carbonyl (C=O) groups excluding carboxylic acids is 2. The average Bonchev–Trinajstić information content (AvgIpc) is 3.95. The first-order valence-electron chi connectivity index (χ1n) is 17.6. The summed E-state index contributed by atoms with van der Waals surface area (Å²) in [7, 11) is 0. The molecule has 4 aromatic rings. The lowest BCUT2D eigenvalue weighted by molar-refractivity contribution is -0.154. The Morgan fingerprint density at radius 2 is 1.68 bits per heavy atom. The fraction of sp³-hybridized carbons (Fsp3) is 0.395. The van der Waals surface area contributed by atoms with Crippen molar-refractivity contribution in [2.45, 2.75) is 58.2 Å². The van der Waals surface area contributed by atoms with Crippen LogP contribution in [0.3, 0.4) is 0 Å². The van der Waals surface area contributed by atoms with E-state index in [-0.39, 0.29) is 42.1 Å². The first kappa shape index (κ1) is 39.1. The monoisotopic (exact) mass is 753 g/mol. The lowest BCUT2D eigenvalue weighted by Gasteiger charge is -2.22. The number of halogens is 4. The van der Waals surface area contributed by atoms with Gasteiger partial charge in [0.25, 0.3) is 5.91 Å². The van der Waals surface area contributed by atoms with E-state index in [2.05, 4.69) is 50.0 Å². The first-order valence-corrected chi connectivity index (χ1v) is 18.0. The fourth-order valence-corrected chi connectivity index (χ4v) is 5.90. The van der Waals surface area contributed by atoms with Crippen LogP contribution in [-0.2, 0) is 11.3 Å². The van der Waals surface area contributed by atoms with Gasteiger partial charge in [-0.2, -0.15) is 28.1 Å². The smallest absolute Gasteiger partial charge is 0.422 e. The minimum atomic E-state index is -4.60. The van der Waals surface area contributed by atoms with E-state index in [9.17, 15) is 22.8 Å². The van der Waals surface area contributed by atoms with Crippen LogP contribution >= 0.6 is 11.6 Å². The second-order valence-electron chi connectivity index (χ2n) is 12.6. The van der Waals surface area contributed by atoms with Gasteiger partial charge in [-0.3, -0.25) is 9.59 Å². The molecule has 0 saturated heterocycles. The van der Waals surface area contributed by atoms with E-state index >= 15 is 0 Å².